The first-order valence-corrected chi connectivity index (χ1v) is 9.71. The smallest absolute Gasteiger partial charge is 0.239 e. The van der Waals surface area contributed by atoms with Crippen LogP contribution in [-0.4, -0.2) is 58.1 Å². The van der Waals surface area contributed by atoms with Crippen LogP contribution in [0.3, 0.4) is 0 Å². The van der Waals surface area contributed by atoms with Crippen molar-refractivity contribution in [2.75, 3.05) is 26.2 Å². The number of likely N-dealkylation sites (tertiary alicyclic amines) is 2. The van der Waals surface area contributed by atoms with E-state index >= 15 is 0 Å². The van der Waals surface area contributed by atoms with Crippen LogP contribution < -0.4 is 0 Å². The second kappa shape index (κ2) is 8.11. The van der Waals surface area contributed by atoms with Crippen LogP contribution in [-0.2, 0) is 4.79 Å². The minimum atomic E-state index is -0.341. The molecule has 0 saturated carbocycles. The van der Waals surface area contributed by atoms with Crippen LogP contribution in [0.4, 0.5) is 4.39 Å². The van der Waals surface area contributed by atoms with Crippen LogP contribution in [0.25, 0.3) is 11.4 Å². The van der Waals surface area contributed by atoms with Crippen LogP contribution in [0.15, 0.2) is 28.8 Å². The van der Waals surface area contributed by atoms with Crippen molar-refractivity contribution in [1.29, 1.82) is 0 Å². The Balaban J connectivity index is 1.46. The Bertz CT molecular complexity index is 891. The van der Waals surface area contributed by atoms with E-state index in [1.807, 2.05) is 4.90 Å². The Morgan fingerprint density at radius 2 is 2.18 bits per heavy atom. The average Bonchev–Trinajstić information content (AvgIpc) is 3.38. The zero-order valence-electron chi connectivity index (χ0n) is 15.7. The summed E-state index contributed by atoms with van der Waals surface area (Å²) < 4.78 is 18.9. The van der Waals surface area contributed by atoms with E-state index in [4.69, 9.17) is 10.9 Å². The highest BCUT2D eigenvalue weighted by Crippen LogP contribution is 2.29. The van der Waals surface area contributed by atoms with Crippen molar-refractivity contribution in [2.24, 2.45) is 0 Å². The Hall–Kier alpha value is -2.72. The molecule has 2 aliphatic rings. The van der Waals surface area contributed by atoms with Crippen molar-refractivity contribution in [3.8, 4) is 23.7 Å². The van der Waals surface area contributed by atoms with Crippen LogP contribution in [0.1, 0.15) is 37.5 Å². The number of terminal acetylenes is 1. The molecule has 6 nitrogen and oxygen atoms in total. The van der Waals surface area contributed by atoms with Crippen molar-refractivity contribution in [3.63, 3.8) is 0 Å². The summed E-state index contributed by atoms with van der Waals surface area (Å²) in [5, 5.41) is 4.00. The molecule has 3 heterocycles. The summed E-state index contributed by atoms with van der Waals surface area (Å²) in [5.74, 6) is 3.32. The number of rotatable bonds is 4. The van der Waals surface area contributed by atoms with Crippen molar-refractivity contribution in [2.45, 2.75) is 37.6 Å². The summed E-state index contributed by atoms with van der Waals surface area (Å²) in [5.41, 5.74) is 0.578. The van der Waals surface area contributed by atoms with E-state index in [0.29, 0.717) is 30.4 Å². The van der Waals surface area contributed by atoms with Gasteiger partial charge in [-0.1, -0.05) is 23.2 Å². The first-order chi connectivity index (χ1) is 13.7. The molecule has 1 aromatic heterocycles. The lowest BCUT2D eigenvalue weighted by Crippen LogP contribution is -2.48. The zero-order valence-corrected chi connectivity index (χ0v) is 15.7. The second-order valence-corrected chi connectivity index (χ2v) is 7.42. The molecule has 7 heteroatoms. The van der Waals surface area contributed by atoms with Crippen LogP contribution in [0, 0.1) is 18.2 Å². The van der Waals surface area contributed by atoms with Crippen molar-refractivity contribution >= 4 is 5.91 Å². The summed E-state index contributed by atoms with van der Waals surface area (Å²) in [6.45, 7) is 2.68. The number of carbonyl (C=O) groups excluding carboxylic acids is 1. The summed E-state index contributed by atoms with van der Waals surface area (Å²) in [4.78, 5) is 21.5. The number of piperidine rings is 1. The largest absolute Gasteiger partial charge is 0.341 e. The number of hydrogen-bond acceptors (Lipinski definition) is 5. The average molecular weight is 382 g/mol. The number of nitrogens with zero attached hydrogens (tertiary/aromatic N) is 4. The Morgan fingerprint density at radius 3 is 3.00 bits per heavy atom. The Morgan fingerprint density at radius 1 is 1.32 bits per heavy atom. The molecular weight excluding hydrogens is 359 g/mol. The third-order valence-corrected chi connectivity index (χ3v) is 5.55. The highest BCUT2D eigenvalue weighted by Gasteiger charge is 2.36. The SMILES string of the molecule is C#CCN1CCC[C@H]1C(=O)N1CCCC(c2nc(-c3cccc(F)c3)no2)C1. The topological polar surface area (TPSA) is 62.5 Å². The van der Waals surface area contributed by atoms with Gasteiger partial charge in [0.25, 0.3) is 0 Å². The molecule has 2 atom stereocenters. The highest BCUT2D eigenvalue weighted by molar-refractivity contribution is 5.82. The predicted molar refractivity (Wildman–Crippen MR) is 102 cm³/mol. The second-order valence-electron chi connectivity index (χ2n) is 7.42. The lowest BCUT2D eigenvalue weighted by molar-refractivity contribution is -0.137. The van der Waals surface area contributed by atoms with Gasteiger partial charge >= 0.3 is 0 Å². The first-order valence-electron chi connectivity index (χ1n) is 9.71. The molecule has 0 spiro atoms. The van der Waals surface area contributed by atoms with Gasteiger partial charge in [-0.25, -0.2) is 4.39 Å². The molecule has 0 bridgehead atoms. The fraction of sp³-hybridized carbons (Fsp3) is 0.476. The normalized spacial score (nSPS) is 22.9. The molecule has 0 radical (unpaired) electrons. The van der Waals surface area contributed by atoms with E-state index in [2.05, 4.69) is 21.0 Å². The van der Waals surface area contributed by atoms with Gasteiger partial charge in [-0.3, -0.25) is 9.69 Å². The maximum atomic E-state index is 13.4. The van der Waals surface area contributed by atoms with E-state index < -0.39 is 0 Å². The molecule has 2 aliphatic heterocycles. The third-order valence-electron chi connectivity index (χ3n) is 5.55. The molecule has 28 heavy (non-hydrogen) atoms. The lowest BCUT2D eigenvalue weighted by Gasteiger charge is -2.34. The number of amides is 1. The van der Waals surface area contributed by atoms with Crippen molar-refractivity contribution in [1.82, 2.24) is 19.9 Å². The Kier molecular flexibility index (Phi) is 5.40. The molecule has 1 aromatic carbocycles. The third kappa shape index (κ3) is 3.78. The van der Waals surface area contributed by atoms with E-state index in [9.17, 15) is 9.18 Å². The molecule has 2 aromatic rings. The van der Waals surface area contributed by atoms with E-state index in [1.54, 1.807) is 12.1 Å². The quantitative estimate of drug-likeness (QED) is 0.761. The number of carbonyl (C=O) groups is 1. The molecule has 146 valence electrons. The summed E-state index contributed by atoms with van der Waals surface area (Å²) >= 11 is 0. The first kappa shape index (κ1) is 18.6. The van der Waals surface area contributed by atoms with Gasteiger partial charge in [-0.15, -0.1) is 6.42 Å². The maximum Gasteiger partial charge on any atom is 0.239 e. The molecule has 4 rings (SSSR count). The van der Waals surface area contributed by atoms with Gasteiger partial charge in [0.15, 0.2) is 0 Å². The number of aromatic nitrogens is 2. The zero-order chi connectivity index (χ0) is 19.5. The summed E-state index contributed by atoms with van der Waals surface area (Å²) in [6.07, 6.45) is 9.06. The minimum absolute atomic E-state index is 0.00463. The highest BCUT2D eigenvalue weighted by atomic mass is 19.1. The number of hydrogen-bond donors (Lipinski definition) is 0. The van der Waals surface area contributed by atoms with Gasteiger partial charge in [-0.2, -0.15) is 4.98 Å². The van der Waals surface area contributed by atoms with Crippen molar-refractivity contribution < 1.29 is 13.7 Å². The van der Waals surface area contributed by atoms with Crippen LogP contribution in [0.2, 0.25) is 0 Å². The molecule has 0 aliphatic carbocycles. The van der Waals surface area contributed by atoms with Crippen LogP contribution in [0.5, 0.6) is 0 Å². The van der Waals surface area contributed by atoms with Crippen molar-refractivity contribution in [3.05, 3.63) is 36.0 Å². The molecule has 2 saturated heterocycles. The molecular formula is C21H23FN4O2. The molecule has 2 fully saturated rings. The number of halogens is 1. The summed E-state index contributed by atoms with van der Waals surface area (Å²) in [7, 11) is 0. The minimum Gasteiger partial charge on any atom is -0.341 e. The van der Waals surface area contributed by atoms with E-state index in [0.717, 1.165) is 38.8 Å². The van der Waals surface area contributed by atoms with E-state index in [1.165, 1.54) is 12.1 Å². The van der Waals surface area contributed by atoms with Gasteiger partial charge < -0.3 is 9.42 Å². The molecule has 0 N–H and O–H groups in total. The maximum absolute atomic E-state index is 13.4. The summed E-state index contributed by atoms with van der Waals surface area (Å²) in [6, 6.07) is 5.99. The Labute approximate surface area is 163 Å². The van der Waals surface area contributed by atoms with Gasteiger partial charge in [0.2, 0.25) is 17.6 Å². The van der Waals surface area contributed by atoms with Gasteiger partial charge in [0, 0.05) is 18.7 Å². The van der Waals surface area contributed by atoms with Gasteiger partial charge in [0.1, 0.15) is 5.82 Å². The lowest BCUT2D eigenvalue weighted by atomic mass is 9.97. The van der Waals surface area contributed by atoms with Gasteiger partial charge in [0.05, 0.1) is 18.5 Å². The van der Waals surface area contributed by atoms with Gasteiger partial charge in [-0.05, 0) is 44.4 Å². The number of benzene rings is 1. The fourth-order valence-corrected chi connectivity index (χ4v) is 4.15. The monoisotopic (exact) mass is 382 g/mol. The predicted octanol–water partition coefficient (Wildman–Crippen LogP) is 2.68. The molecule has 1 amide bonds. The van der Waals surface area contributed by atoms with E-state index in [-0.39, 0.29) is 23.7 Å². The molecule has 1 unspecified atom stereocenters. The fourth-order valence-electron chi connectivity index (χ4n) is 4.15. The van der Waals surface area contributed by atoms with Crippen LogP contribution >= 0.6 is 0 Å². The standard InChI is InChI=1S/C21H23FN4O2/c1-2-10-25-11-5-9-18(25)21(27)26-12-4-7-16(14-26)20-23-19(24-28-20)15-6-3-8-17(22)13-15/h1,3,6,8,13,16,18H,4-5,7,9-12,14H2/t16?,18-/m0/s1.